The van der Waals surface area contributed by atoms with Crippen molar-refractivity contribution in [1.29, 1.82) is 0 Å². The van der Waals surface area contributed by atoms with Crippen molar-refractivity contribution in [1.82, 2.24) is 0 Å². The Morgan fingerprint density at radius 1 is 0.914 bits per heavy atom. The number of benzene rings is 2. The van der Waals surface area contributed by atoms with E-state index in [-0.39, 0.29) is 11.6 Å². The molecule has 0 saturated heterocycles. The number of carbonyl (C=O) groups is 2. The topological polar surface area (TPSA) is 102 Å². The molecule has 0 aromatic heterocycles. The highest BCUT2D eigenvalue weighted by Crippen LogP contribution is 2.39. The van der Waals surface area contributed by atoms with E-state index in [0.717, 1.165) is 11.6 Å². The minimum atomic E-state index is -1.74. The second-order valence-corrected chi connectivity index (χ2v) is 12.8. The Balaban J connectivity index is 1.53. The third-order valence-corrected chi connectivity index (χ3v) is 8.70. The van der Waals surface area contributed by atoms with Crippen molar-refractivity contribution in [3.63, 3.8) is 0 Å². The number of fused-ring (bicyclic) bond motifs is 1. The zero-order chi connectivity index (χ0) is 25.3. The molecular formula is C25H27NO8Si. The highest BCUT2D eigenvalue weighted by Gasteiger charge is 2.37. The van der Waals surface area contributed by atoms with Gasteiger partial charge >= 0.3 is 0 Å². The third-order valence-electron chi connectivity index (χ3n) is 5.87. The van der Waals surface area contributed by atoms with Crippen molar-refractivity contribution in [3.8, 4) is 28.7 Å². The fourth-order valence-corrected chi connectivity index (χ4v) is 6.14. The lowest BCUT2D eigenvalue weighted by molar-refractivity contribution is -0.134. The van der Waals surface area contributed by atoms with E-state index in [2.05, 4.69) is 30.2 Å². The maximum atomic E-state index is 13.0. The molecule has 9 nitrogen and oxygen atoms in total. The molecule has 0 spiro atoms. The molecule has 4 rings (SSSR count). The van der Waals surface area contributed by atoms with Crippen LogP contribution in [0.25, 0.3) is 6.08 Å². The molecule has 2 heterocycles. The van der Waals surface area contributed by atoms with Gasteiger partial charge in [-0.2, -0.15) is 0 Å². The maximum Gasteiger partial charge on any atom is 0.289 e. The van der Waals surface area contributed by atoms with Crippen LogP contribution in [-0.4, -0.2) is 54.3 Å². The molecule has 0 fully saturated rings. The van der Waals surface area contributed by atoms with Crippen LogP contribution in [0.2, 0.25) is 13.1 Å². The van der Waals surface area contributed by atoms with E-state index in [1.54, 1.807) is 12.1 Å². The second kappa shape index (κ2) is 9.38. The number of nitrogens with one attached hydrogen (secondary N) is 1. The number of hydrogen-bond donors (Lipinski definition) is 1. The Morgan fingerprint density at radius 2 is 1.57 bits per heavy atom. The number of hydrogen-bond acceptors (Lipinski definition) is 8. The lowest BCUT2D eigenvalue weighted by Crippen LogP contribution is -2.37. The van der Waals surface area contributed by atoms with E-state index < -0.39 is 25.9 Å². The van der Waals surface area contributed by atoms with Crippen molar-refractivity contribution in [3.05, 3.63) is 47.5 Å². The molecule has 2 aromatic carbocycles. The Labute approximate surface area is 204 Å². The molecule has 2 aliphatic rings. The van der Waals surface area contributed by atoms with Gasteiger partial charge in [-0.1, -0.05) is 24.9 Å². The monoisotopic (exact) mass is 497 g/mol. The summed E-state index contributed by atoms with van der Waals surface area (Å²) in [6.07, 6.45) is 1.81. The number of rotatable bonds is 8. The molecule has 2 aliphatic heterocycles. The molecule has 1 atom stereocenters. The first-order chi connectivity index (χ1) is 16.7. The van der Waals surface area contributed by atoms with Crippen LogP contribution in [0, 0.1) is 0 Å². The summed E-state index contributed by atoms with van der Waals surface area (Å²) in [6.45, 7) is 4.45. The zero-order valence-electron chi connectivity index (χ0n) is 20.4. The lowest BCUT2D eigenvalue weighted by Gasteiger charge is -2.19. The maximum absolute atomic E-state index is 13.0. The molecule has 10 heteroatoms. The van der Waals surface area contributed by atoms with Gasteiger partial charge in [-0.05, 0) is 22.9 Å². The highest BCUT2D eigenvalue weighted by atomic mass is 28.3. The fraction of sp³-hybridized carbons (Fsp3) is 0.280. The summed E-state index contributed by atoms with van der Waals surface area (Å²) in [6, 6.07) is 6.98. The van der Waals surface area contributed by atoms with Gasteiger partial charge in [0.15, 0.2) is 11.5 Å². The SMILES string of the molecule is COc1cc(OC)c(NC(=O)C2OC(Oc3cc4c(cc3OC)C=C[Si]4(C)C)=CC2=O)c(OC)c1. The van der Waals surface area contributed by atoms with E-state index in [1.807, 2.05) is 12.1 Å². The van der Waals surface area contributed by atoms with Gasteiger partial charge in [0, 0.05) is 12.1 Å². The molecule has 184 valence electrons. The van der Waals surface area contributed by atoms with E-state index in [1.165, 1.54) is 33.6 Å². The Kier molecular flexibility index (Phi) is 6.49. The summed E-state index contributed by atoms with van der Waals surface area (Å²) in [5, 5.41) is 3.84. The Bertz CT molecular complexity index is 1230. The fourth-order valence-electron chi connectivity index (χ4n) is 3.96. The normalized spacial score (nSPS) is 17.3. The lowest BCUT2D eigenvalue weighted by atomic mass is 10.2. The molecule has 1 N–H and O–H groups in total. The Hall–Kier alpha value is -3.92. The number of amides is 1. The minimum absolute atomic E-state index is 0.0903. The van der Waals surface area contributed by atoms with Crippen molar-refractivity contribution in [2.24, 2.45) is 0 Å². The number of anilines is 1. The standard InChI is InChI=1S/C25H27NO8Si/c1-29-15-10-19(31-3)23(20(11-15)32-4)26-25(28)24-16(27)12-22(34-24)33-18-13-21-14(9-17(18)30-2)7-8-35(21,5)6/h7-13,24H,1-6H3,(H,26,28). The van der Waals surface area contributed by atoms with Gasteiger partial charge in [-0.15, -0.1) is 0 Å². The number of ether oxygens (including phenoxy) is 6. The van der Waals surface area contributed by atoms with Gasteiger partial charge in [0.05, 0.1) is 34.5 Å². The van der Waals surface area contributed by atoms with Gasteiger partial charge in [0.1, 0.15) is 31.0 Å². The summed E-state index contributed by atoms with van der Waals surface area (Å²) in [4.78, 5) is 25.6. The smallest absolute Gasteiger partial charge is 0.289 e. The molecular weight excluding hydrogens is 470 g/mol. The molecule has 1 unspecified atom stereocenters. The molecule has 0 radical (unpaired) electrons. The van der Waals surface area contributed by atoms with Crippen LogP contribution in [0.4, 0.5) is 5.69 Å². The van der Waals surface area contributed by atoms with Crippen molar-refractivity contribution < 1.29 is 38.0 Å². The van der Waals surface area contributed by atoms with Gasteiger partial charge in [-0.3, -0.25) is 9.59 Å². The molecule has 0 aliphatic carbocycles. The quantitative estimate of drug-likeness (QED) is 0.439. The van der Waals surface area contributed by atoms with Gasteiger partial charge < -0.3 is 33.7 Å². The summed E-state index contributed by atoms with van der Waals surface area (Å²) >= 11 is 0. The van der Waals surface area contributed by atoms with Crippen LogP contribution in [-0.2, 0) is 14.3 Å². The predicted octanol–water partition coefficient (Wildman–Crippen LogP) is 3.03. The van der Waals surface area contributed by atoms with E-state index in [0.29, 0.717) is 28.7 Å². The third kappa shape index (κ3) is 4.56. The summed E-state index contributed by atoms with van der Waals surface area (Å²) in [5.41, 5.74) is 3.56. The molecule has 0 bridgehead atoms. The number of ketones is 1. The second-order valence-electron chi connectivity index (χ2n) is 8.51. The van der Waals surface area contributed by atoms with Crippen LogP contribution < -0.4 is 34.2 Å². The first kappa shape index (κ1) is 24.2. The minimum Gasteiger partial charge on any atom is -0.496 e. The first-order valence-corrected chi connectivity index (χ1v) is 13.9. The highest BCUT2D eigenvalue weighted by molar-refractivity contribution is 6.96. The summed E-state index contributed by atoms with van der Waals surface area (Å²) in [7, 11) is 4.19. The Morgan fingerprint density at radius 3 is 2.17 bits per heavy atom. The number of carbonyl (C=O) groups excluding carboxylic acids is 2. The molecule has 0 saturated carbocycles. The average molecular weight is 498 g/mol. The van der Waals surface area contributed by atoms with E-state index in [9.17, 15) is 9.59 Å². The number of methoxy groups -OCH3 is 4. The van der Waals surface area contributed by atoms with Crippen molar-refractivity contribution in [2.45, 2.75) is 19.2 Å². The molecule has 1 amide bonds. The van der Waals surface area contributed by atoms with Gasteiger partial charge in [-0.25, -0.2) is 0 Å². The molecule has 35 heavy (non-hydrogen) atoms. The largest absolute Gasteiger partial charge is 0.496 e. The van der Waals surface area contributed by atoms with Gasteiger partial charge in [0.25, 0.3) is 11.9 Å². The van der Waals surface area contributed by atoms with Crippen LogP contribution >= 0.6 is 0 Å². The first-order valence-electron chi connectivity index (χ1n) is 10.8. The van der Waals surface area contributed by atoms with Crippen LogP contribution in [0.3, 0.4) is 0 Å². The van der Waals surface area contributed by atoms with E-state index >= 15 is 0 Å². The summed E-state index contributed by atoms with van der Waals surface area (Å²) in [5.74, 6) is 0.636. The van der Waals surface area contributed by atoms with Crippen LogP contribution in [0.15, 0.2) is 42.0 Å². The van der Waals surface area contributed by atoms with Crippen molar-refractivity contribution >= 4 is 36.7 Å². The van der Waals surface area contributed by atoms with Crippen molar-refractivity contribution in [2.75, 3.05) is 33.8 Å². The average Bonchev–Trinajstić information content (AvgIpc) is 3.36. The van der Waals surface area contributed by atoms with Crippen LogP contribution in [0.1, 0.15) is 5.56 Å². The van der Waals surface area contributed by atoms with Crippen LogP contribution in [0.5, 0.6) is 28.7 Å². The summed E-state index contributed by atoms with van der Waals surface area (Å²) < 4.78 is 32.8. The predicted molar refractivity (Wildman–Crippen MR) is 132 cm³/mol. The molecule has 2 aromatic rings. The van der Waals surface area contributed by atoms with E-state index in [4.69, 9.17) is 28.4 Å². The van der Waals surface area contributed by atoms with Gasteiger partial charge in [0.2, 0.25) is 11.9 Å². The zero-order valence-corrected chi connectivity index (χ0v) is 21.4.